The van der Waals surface area contributed by atoms with E-state index >= 15 is 0 Å². The van der Waals surface area contributed by atoms with Gasteiger partial charge in [0.25, 0.3) is 0 Å². The molecule has 2 heteroatoms. The second kappa shape index (κ2) is 8.55. The van der Waals surface area contributed by atoms with Gasteiger partial charge in [0.1, 0.15) is 0 Å². The first-order valence-corrected chi connectivity index (χ1v) is 7.03. The lowest BCUT2D eigenvalue weighted by atomic mass is 9.81. The number of hydrogen-bond donors (Lipinski definition) is 1. The van der Waals surface area contributed by atoms with Crippen LogP contribution in [0.4, 0.5) is 0 Å². The van der Waals surface area contributed by atoms with Gasteiger partial charge in [-0.1, -0.05) is 27.7 Å². The first-order chi connectivity index (χ1) is 8.12. The summed E-state index contributed by atoms with van der Waals surface area (Å²) in [4.78, 5) is 2.52. The van der Waals surface area contributed by atoms with Gasteiger partial charge in [-0.05, 0) is 39.3 Å². The van der Waals surface area contributed by atoms with E-state index in [0.29, 0.717) is 0 Å². The fourth-order valence-electron chi connectivity index (χ4n) is 2.93. The van der Waals surface area contributed by atoms with Crippen molar-refractivity contribution in [2.75, 3.05) is 13.1 Å². The minimum absolute atomic E-state index is 0.152. The van der Waals surface area contributed by atoms with Crippen molar-refractivity contribution in [3.8, 4) is 11.8 Å². The van der Waals surface area contributed by atoms with Crippen LogP contribution >= 0.6 is 0 Å². The Kier molecular flexibility index (Phi) is 8.29. The SMILES string of the molecule is CC#CCCC(N)C(CC)(CC)N(CC)CC. The van der Waals surface area contributed by atoms with Crippen LogP contribution in [0.5, 0.6) is 0 Å². The van der Waals surface area contributed by atoms with E-state index in [-0.39, 0.29) is 11.6 Å². The maximum atomic E-state index is 6.46. The van der Waals surface area contributed by atoms with Gasteiger partial charge in [-0.3, -0.25) is 4.90 Å². The molecule has 0 heterocycles. The Morgan fingerprint density at radius 1 is 1.12 bits per heavy atom. The summed E-state index contributed by atoms with van der Waals surface area (Å²) in [5, 5.41) is 0. The largest absolute Gasteiger partial charge is 0.326 e. The van der Waals surface area contributed by atoms with E-state index in [1.54, 1.807) is 0 Å². The quantitative estimate of drug-likeness (QED) is 0.659. The molecule has 100 valence electrons. The van der Waals surface area contributed by atoms with E-state index in [1.165, 1.54) is 0 Å². The fourth-order valence-corrected chi connectivity index (χ4v) is 2.93. The minimum atomic E-state index is 0.152. The molecule has 0 fully saturated rings. The Morgan fingerprint density at radius 3 is 2.00 bits per heavy atom. The van der Waals surface area contributed by atoms with Crippen LogP contribution in [0.25, 0.3) is 0 Å². The molecule has 0 aromatic rings. The molecule has 17 heavy (non-hydrogen) atoms. The standard InChI is InChI=1S/C15H30N2/c1-6-11-12-13-14(16)15(7-2,8-3)17(9-4)10-5/h14H,7-10,12-13,16H2,1-5H3. The molecule has 0 aliphatic heterocycles. The summed E-state index contributed by atoms with van der Waals surface area (Å²) in [7, 11) is 0. The predicted molar refractivity (Wildman–Crippen MR) is 76.9 cm³/mol. The molecule has 2 nitrogen and oxygen atoms in total. The van der Waals surface area contributed by atoms with Crippen LogP contribution in [0.2, 0.25) is 0 Å². The third-order valence-electron chi connectivity index (χ3n) is 4.07. The number of hydrogen-bond acceptors (Lipinski definition) is 2. The summed E-state index contributed by atoms with van der Waals surface area (Å²) in [6.07, 6.45) is 4.15. The topological polar surface area (TPSA) is 29.3 Å². The molecule has 1 atom stereocenters. The zero-order valence-electron chi connectivity index (χ0n) is 12.3. The smallest absolute Gasteiger partial charge is 0.0355 e. The number of nitrogens with two attached hydrogens (primary N) is 1. The highest BCUT2D eigenvalue weighted by Gasteiger charge is 2.37. The van der Waals surface area contributed by atoms with E-state index in [1.807, 2.05) is 6.92 Å². The van der Waals surface area contributed by atoms with Gasteiger partial charge in [-0.15, -0.1) is 11.8 Å². The van der Waals surface area contributed by atoms with Crippen molar-refractivity contribution in [2.24, 2.45) is 5.73 Å². The van der Waals surface area contributed by atoms with Gasteiger partial charge in [0.2, 0.25) is 0 Å². The first-order valence-electron chi connectivity index (χ1n) is 7.03. The molecule has 0 aliphatic rings. The Labute approximate surface area is 108 Å². The maximum absolute atomic E-state index is 6.46. The lowest BCUT2D eigenvalue weighted by Gasteiger charge is -2.46. The number of likely N-dealkylation sites (N-methyl/N-ethyl adjacent to an activating group) is 1. The zero-order chi connectivity index (χ0) is 13.3. The Bertz CT molecular complexity index is 241. The number of nitrogens with zero attached hydrogens (tertiary/aromatic N) is 1. The first kappa shape index (κ1) is 16.5. The highest BCUT2D eigenvalue weighted by atomic mass is 15.2. The molecule has 0 radical (unpaired) electrons. The van der Waals surface area contributed by atoms with Crippen molar-refractivity contribution >= 4 is 0 Å². The van der Waals surface area contributed by atoms with Crippen molar-refractivity contribution < 1.29 is 0 Å². The van der Waals surface area contributed by atoms with E-state index in [9.17, 15) is 0 Å². The summed E-state index contributed by atoms with van der Waals surface area (Å²) < 4.78 is 0. The summed E-state index contributed by atoms with van der Waals surface area (Å²) in [5.41, 5.74) is 6.61. The van der Waals surface area contributed by atoms with Crippen LogP contribution in [0, 0.1) is 11.8 Å². The van der Waals surface area contributed by atoms with Crippen LogP contribution in [0.1, 0.15) is 60.3 Å². The second-order valence-electron chi connectivity index (χ2n) is 4.55. The molecular weight excluding hydrogens is 208 g/mol. The average Bonchev–Trinajstić information content (AvgIpc) is 2.36. The summed E-state index contributed by atoms with van der Waals surface area (Å²) in [6, 6.07) is 0.221. The van der Waals surface area contributed by atoms with Crippen molar-refractivity contribution in [3.05, 3.63) is 0 Å². The molecule has 0 rings (SSSR count). The molecule has 0 aromatic carbocycles. The van der Waals surface area contributed by atoms with Gasteiger partial charge in [-0.2, -0.15) is 0 Å². The predicted octanol–water partition coefficient (Wildman–Crippen LogP) is 3.02. The van der Waals surface area contributed by atoms with Gasteiger partial charge in [-0.25, -0.2) is 0 Å². The van der Waals surface area contributed by atoms with Gasteiger partial charge in [0.15, 0.2) is 0 Å². The summed E-state index contributed by atoms with van der Waals surface area (Å²) >= 11 is 0. The van der Waals surface area contributed by atoms with Crippen molar-refractivity contribution in [1.29, 1.82) is 0 Å². The van der Waals surface area contributed by atoms with Gasteiger partial charge < -0.3 is 5.73 Å². The van der Waals surface area contributed by atoms with Crippen molar-refractivity contribution in [1.82, 2.24) is 4.90 Å². The Balaban J connectivity index is 4.81. The normalized spacial score (nSPS) is 13.4. The van der Waals surface area contributed by atoms with E-state index in [4.69, 9.17) is 5.73 Å². The highest BCUT2D eigenvalue weighted by Crippen LogP contribution is 2.28. The molecule has 0 amide bonds. The van der Waals surface area contributed by atoms with Crippen molar-refractivity contribution in [3.63, 3.8) is 0 Å². The van der Waals surface area contributed by atoms with Crippen LogP contribution in [-0.4, -0.2) is 29.6 Å². The Hall–Kier alpha value is -0.520. The maximum Gasteiger partial charge on any atom is 0.0355 e. The third-order valence-corrected chi connectivity index (χ3v) is 4.07. The molecule has 0 spiro atoms. The molecule has 0 aromatic heterocycles. The highest BCUT2D eigenvalue weighted by molar-refractivity contribution is 5.01. The monoisotopic (exact) mass is 238 g/mol. The zero-order valence-corrected chi connectivity index (χ0v) is 12.3. The molecular formula is C15H30N2. The molecule has 0 saturated heterocycles. The van der Waals surface area contributed by atoms with Crippen LogP contribution in [-0.2, 0) is 0 Å². The van der Waals surface area contributed by atoms with Crippen LogP contribution in [0.3, 0.4) is 0 Å². The molecule has 1 unspecified atom stereocenters. The fraction of sp³-hybridized carbons (Fsp3) is 0.867. The lowest BCUT2D eigenvalue weighted by molar-refractivity contribution is 0.0604. The van der Waals surface area contributed by atoms with Crippen LogP contribution in [0.15, 0.2) is 0 Å². The van der Waals surface area contributed by atoms with Gasteiger partial charge >= 0.3 is 0 Å². The molecule has 2 N–H and O–H groups in total. The minimum Gasteiger partial charge on any atom is -0.326 e. The van der Waals surface area contributed by atoms with Crippen LogP contribution < -0.4 is 5.73 Å². The van der Waals surface area contributed by atoms with Gasteiger partial charge in [0.05, 0.1) is 0 Å². The van der Waals surface area contributed by atoms with E-state index in [0.717, 1.165) is 38.8 Å². The third kappa shape index (κ3) is 4.01. The Morgan fingerprint density at radius 2 is 1.65 bits per heavy atom. The number of rotatable bonds is 8. The average molecular weight is 238 g/mol. The van der Waals surface area contributed by atoms with Gasteiger partial charge in [0, 0.05) is 18.0 Å². The summed E-state index contributed by atoms with van der Waals surface area (Å²) in [5.74, 6) is 6.07. The molecule has 0 aliphatic carbocycles. The lowest BCUT2D eigenvalue weighted by Crippen LogP contribution is -2.59. The van der Waals surface area contributed by atoms with E-state index in [2.05, 4.69) is 44.4 Å². The van der Waals surface area contributed by atoms with Crippen molar-refractivity contribution in [2.45, 2.75) is 71.9 Å². The van der Waals surface area contributed by atoms with E-state index < -0.39 is 0 Å². The molecule has 0 bridgehead atoms. The summed E-state index contributed by atoms with van der Waals surface area (Å²) in [6.45, 7) is 13.0. The second-order valence-corrected chi connectivity index (χ2v) is 4.55. The molecule has 0 saturated carbocycles.